The summed E-state index contributed by atoms with van der Waals surface area (Å²) in [5, 5.41) is 0. The summed E-state index contributed by atoms with van der Waals surface area (Å²) < 4.78 is 10.6. The van der Waals surface area contributed by atoms with Gasteiger partial charge >= 0.3 is 23.9 Å². The average molecular weight is 335 g/mol. The van der Waals surface area contributed by atoms with Crippen LogP contribution >= 0.6 is 17.9 Å². The number of thiol groups is 1. The van der Waals surface area contributed by atoms with Gasteiger partial charge in [0.1, 0.15) is 0 Å². The molecule has 0 aromatic rings. The maximum absolute atomic E-state index is 5.32. The summed E-state index contributed by atoms with van der Waals surface area (Å²) in [6.07, 6.45) is 0.161. The Morgan fingerprint density at radius 2 is 1.33 bits per heavy atom. The number of rotatable bonds is 4. The van der Waals surface area contributed by atoms with Crippen molar-refractivity contribution >= 4 is 53.7 Å². The maximum atomic E-state index is 5.32. The van der Waals surface area contributed by atoms with Gasteiger partial charge in [-0.3, -0.25) is 0 Å². The molecule has 0 rings (SSSR count). The van der Waals surface area contributed by atoms with Crippen molar-refractivity contribution < 1.29 is 9.05 Å². The summed E-state index contributed by atoms with van der Waals surface area (Å²) in [5.74, 6) is 0. The molecule has 0 bridgehead atoms. The van der Waals surface area contributed by atoms with Gasteiger partial charge in [0.05, 0.1) is 12.2 Å². The quantitative estimate of drug-likeness (QED) is 0.482. The first-order valence-corrected chi connectivity index (χ1v) is 7.32. The van der Waals surface area contributed by atoms with E-state index in [0.29, 0.717) is 0 Å². The predicted molar refractivity (Wildman–Crippen MR) is 64.3 cm³/mol. The van der Waals surface area contributed by atoms with E-state index < -0.39 is 5.69 Å². The molecule has 2 radical (unpaired) electrons. The van der Waals surface area contributed by atoms with Gasteiger partial charge in [0.2, 0.25) is 5.69 Å². The van der Waals surface area contributed by atoms with Crippen LogP contribution < -0.4 is 0 Å². The molecule has 0 aliphatic carbocycles. The molecule has 0 saturated heterocycles. The van der Waals surface area contributed by atoms with Crippen molar-refractivity contribution in [2.24, 2.45) is 0 Å². The van der Waals surface area contributed by atoms with Gasteiger partial charge in [0.15, 0.2) is 0 Å². The van der Waals surface area contributed by atoms with Crippen LogP contribution in [0.15, 0.2) is 0 Å². The summed E-state index contributed by atoms with van der Waals surface area (Å²) in [7, 11) is 0. The van der Waals surface area contributed by atoms with Gasteiger partial charge in [-0.05, 0) is 39.5 Å². The molecule has 12 heavy (non-hydrogen) atoms. The van der Waals surface area contributed by atoms with E-state index in [1.807, 2.05) is 27.7 Å². The summed E-state index contributed by atoms with van der Waals surface area (Å²) in [4.78, 5) is 0. The second kappa shape index (κ2) is 7.07. The van der Waals surface area contributed by atoms with Crippen molar-refractivity contribution in [2.45, 2.75) is 39.9 Å². The van der Waals surface area contributed by atoms with E-state index in [-0.39, 0.29) is 36.1 Å². The monoisotopic (exact) mass is 336 g/mol. The van der Waals surface area contributed by atoms with E-state index >= 15 is 0 Å². The summed E-state index contributed by atoms with van der Waals surface area (Å²) >= 11 is 9.17. The van der Waals surface area contributed by atoms with E-state index in [1.165, 1.54) is 0 Å². The zero-order valence-corrected chi connectivity index (χ0v) is 14.6. The molecule has 74 valence electrons. The molecule has 0 saturated carbocycles. The van der Waals surface area contributed by atoms with Gasteiger partial charge in [-0.2, -0.15) is 0 Å². The molecule has 6 heteroatoms. The molecule has 0 heterocycles. The van der Waals surface area contributed by atoms with Gasteiger partial charge in [-0.1, -0.05) is 12.2 Å². The van der Waals surface area contributed by atoms with Crippen LogP contribution in [0.5, 0.6) is 0 Å². The first kappa shape index (κ1) is 16.2. The van der Waals surface area contributed by atoms with Crippen molar-refractivity contribution in [3.8, 4) is 0 Å². The van der Waals surface area contributed by atoms with Gasteiger partial charge in [0, 0.05) is 0 Å². The van der Waals surface area contributed by atoms with Crippen LogP contribution in [0, 0.1) is 0 Å². The minimum atomic E-state index is -2.28. The first-order chi connectivity index (χ1) is 4.83. The van der Waals surface area contributed by atoms with Gasteiger partial charge in [-0.15, -0.1) is 0 Å². The summed E-state index contributed by atoms with van der Waals surface area (Å²) in [6.45, 7) is 7.67. The fraction of sp³-hybridized carbons (Fsp3) is 1.00. The first-order valence-electron chi connectivity index (χ1n) is 3.53. The molecule has 0 spiro atoms. The predicted octanol–water partition coefficient (Wildman–Crippen LogP) is 2.07. The van der Waals surface area contributed by atoms with E-state index in [4.69, 9.17) is 20.9 Å². The molecule has 0 atom stereocenters. The topological polar surface area (TPSA) is 18.5 Å². The molecule has 0 unspecified atom stereocenters. The third-order valence-corrected chi connectivity index (χ3v) is 3.15. The Labute approximate surface area is 102 Å². The second-order valence-corrected chi connectivity index (χ2v) is 7.97. The molecule has 0 aromatic heterocycles. The molecule has 2 nitrogen and oxygen atoms in total. The van der Waals surface area contributed by atoms with Crippen LogP contribution in [0.1, 0.15) is 27.7 Å². The Kier molecular flexibility index (Phi) is 9.52. The van der Waals surface area contributed by atoms with E-state index in [9.17, 15) is 0 Å². The van der Waals surface area contributed by atoms with Crippen LogP contribution in [0.4, 0.5) is 0 Å². The molecule has 0 N–H and O–H groups in total. The molecular formula is C6H17O2PS2Sn. The Morgan fingerprint density at radius 3 is 1.50 bits per heavy atom. The molecule has 0 aliphatic heterocycles. The van der Waals surface area contributed by atoms with Crippen LogP contribution in [0.2, 0.25) is 0 Å². The third kappa shape index (κ3) is 9.80. The SMILES string of the molecule is CC(C)OP(=S)(S)OC(C)C.[SnH2]. The van der Waals surface area contributed by atoms with Gasteiger partial charge in [0.25, 0.3) is 0 Å². The molecule has 0 amide bonds. The number of hydrogen-bond acceptors (Lipinski definition) is 3. The van der Waals surface area contributed by atoms with Crippen LogP contribution in [-0.2, 0) is 20.9 Å². The Bertz CT molecular complexity index is 150. The summed E-state index contributed by atoms with van der Waals surface area (Å²) in [5.41, 5.74) is -2.28. The molecule has 0 aromatic carbocycles. The zero-order valence-electron chi connectivity index (χ0n) is 7.98. The minimum absolute atomic E-state index is 0. The second-order valence-electron chi connectivity index (χ2n) is 2.78. The fourth-order valence-electron chi connectivity index (χ4n) is 0.558. The molecule has 0 aliphatic rings. The van der Waals surface area contributed by atoms with Crippen LogP contribution in [0.25, 0.3) is 0 Å². The van der Waals surface area contributed by atoms with Crippen LogP contribution in [0.3, 0.4) is 0 Å². The Balaban J connectivity index is 0. The normalized spacial score (nSPS) is 11.9. The Morgan fingerprint density at radius 1 is 1.08 bits per heavy atom. The summed E-state index contributed by atoms with van der Waals surface area (Å²) in [6, 6.07) is 0. The zero-order chi connectivity index (χ0) is 9.07. The van der Waals surface area contributed by atoms with Crippen molar-refractivity contribution in [3.05, 3.63) is 0 Å². The van der Waals surface area contributed by atoms with Crippen molar-refractivity contribution in [1.29, 1.82) is 0 Å². The Hall–Kier alpha value is 1.72. The number of hydrogen-bond donors (Lipinski definition) is 1. The third-order valence-electron chi connectivity index (χ3n) is 0.688. The van der Waals surface area contributed by atoms with Gasteiger partial charge in [-0.25, -0.2) is 0 Å². The van der Waals surface area contributed by atoms with Crippen molar-refractivity contribution in [2.75, 3.05) is 0 Å². The van der Waals surface area contributed by atoms with E-state index in [2.05, 4.69) is 12.2 Å². The average Bonchev–Trinajstić information content (AvgIpc) is 1.53. The van der Waals surface area contributed by atoms with Crippen molar-refractivity contribution in [3.63, 3.8) is 0 Å². The van der Waals surface area contributed by atoms with Crippen LogP contribution in [-0.4, -0.2) is 36.1 Å². The van der Waals surface area contributed by atoms with E-state index in [1.54, 1.807) is 0 Å². The van der Waals surface area contributed by atoms with E-state index in [0.717, 1.165) is 0 Å². The molecular weight excluding hydrogens is 318 g/mol. The molecule has 0 fully saturated rings. The van der Waals surface area contributed by atoms with Crippen molar-refractivity contribution in [1.82, 2.24) is 0 Å². The fourth-order valence-corrected chi connectivity index (χ4v) is 3.84. The standard InChI is InChI=1S/C6H15O2PS2.Sn.2H/c1-5(2)7-9(10,11)8-6(3)4;;;/h5-6H,1-4H3,(H,10,11);;;. The van der Waals surface area contributed by atoms with Gasteiger partial charge < -0.3 is 9.05 Å².